The van der Waals surface area contributed by atoms with Gasteiger partial charge in [-0.25, -0.2) is 4.98 Å². The number of rotatable bonds is 7. The lowest BCUT2D eigenvalue weighted by molar-refractivity contribution is -0.159. The number of hydrogen-bond donors (Lipinski definition) is 2. The van der Waals surface area contributed by atoms with Crippen molar-refractivity contribution in [3.05, 3.63) is 66.9 Å². The Morgan fingerprint density at radius 2 is 1.70 bits per heavy atom. The maximum Gasteiger partial charge on any atom is 0.471 e. The van der Waals surface area contributed by atoms with Crippen molar-refractivity contribution in [2.45, 2.75) is 19.3 Å². The molecule has 0 bridgehead atoms. The number of thiazole rings is 1. The summed E-state index contributed by atoms with van der Waals surface area (Å²) in [6.45, 7) is 0.428. The predicted octanol–water partition coefficient (Wildman–Crippen LogP) is 2.43. The first-order valence-electron chi connectivity index (χ1n) is 8.37. The highest BCUT2D eigenvalue weighted by molar-refractivity contribution is 7.07. The lowest BCUT2D eigenvalue weighted by Gasteiger charge is -2.14. The van der Waals surface area contributed by atoms with E-state index < -0.39 is 22.9 Å². The summed E-state index contributed by atoms with van der Waals surface area (Å²) >= 11 is 1.42. The van der Waals surface area contributed by atoms with Crippen LogP contribution in [0.5, 0.6) is 0 Å². The SMILES string of the molecule is O=c1c(NCc2ccc(-c3noc(C(F)(F)F)n3)cn2)c(NCc2cscn2)c1=O. The van der Waals surface area contributed by atoms with Crippen LogP contribution in [0.1, 0.15) is 17.3 Å². The Morgan fingerprint density at radius 3 is 2.23 bits per heavy atom. The van der Waals surface area contributed by atoms with E-state index in [2.05, 4.69) is 35.3 Å². The van der Waals surface area contributed by atoms with Crippen LogP contribution in [0.3, 0.4) is 0 Å². The van der Waals surface area contributed by atoms with Gasteiger partial charge in [0.05, 0.1) is 30.0 Å². The van der Waals surface area contributed by atoms with Gasteiger partial charge in [0, 0.05) is 17.1 Å². The topological polar surface area (TPSA) is 123 Å². The molecule has 2 N–H and O–H groups in total. The molecule has 0 saturated heterocycles. The normalized spacial score (nSPS) is 11.7. The van der Waals surface area contributed by atoms with Gasteiger partial charge in [-0.1, -0.05) is 5.16 Å². The van der Waals surface area contributed by atoms with E-state index in [1.807, 2.05) is 5.38 Å². The summed E-state index contributed by atoms with van der Waals surface area (Å²) in [5.74, 6) is -1.69. The van der Waals surface area contributed by atoms with Gasteiger partial charge in [0.15, 0.2) is 0 Å². The molecular weight excluding hydrogens is 425 g/mol. The minimum absolute atomic E-state index is 0.122. The lowest BCUT2D eigenvalue weighted by Crippen LogP contribution is -2.37. The molecule has 0 amide bonds. The number of aromatic nitrogens is 4. The number of anilines is 2. The molecule has 30 heavy (non-hydrogen) atoms. The Morgan fingerprint density at radius 1 is 1.00 bits per heavy atom. The van der Waals surface area contributed by atoms with Crippen LogP contribution in [-0.4, -0.2) is 20.1 Å². The predicted molar refractivity (Wildman–Crippen MR) is 101 cm³/mol. The van der Waals surface area contributed by atoms with Gasteiger partial charge in [-0.2, -0.15) is 18.2 Å². The first-order chi connectivity index (χ1) is 14.3. The summed E-state index contributed by atoms with van der Waals surface area (Å²) in [7, 11) is 0. The zero-order valence-corrected chi connectivity index (χ0v) is 15.7. The molecule has 0 aliphatic carbocycles. The van der Waals surface area contributed by atoms with E-state index in [-0.39, 0.29) is 29.3 Å². The Labute approximate surface area is 169 Å². The highest BCUT2D eigenvalue weighted by Crippen LogP contribution is 2.29. The Hall–Kier alpha value is -3.61. The summed E-state index contributed by atoms with van der Waals surface area (Å²) < 4.78 is 41.8. The largest absolute Gasteiger partial charge is 0.471 e. The number of pyridine rings is 1. The van der Waals surface area contributed by atoms with Gasteiger partial charge >= 0.3 is 12.1 Å². The van der Waals surface area contributed by atoms with Crippen LogP contribution >= 0.6 is 11.3 Å². The lowest BCUT2D eigenvalue weighted by atomic mass is 10.1. The molecule has 4 aromatic rings. The van der Waals surface area contributed by atoms with Gasteiger partial charge in [-0.3, -0.25) is 14.6 Å². The Bertz CT molecular complexity index is 1230. The molecule has 0 atom stereocenters. The van der Waals surface area contributed by atoms with Gasteiger partial charge in [0.1, 0.15) is 11.4 Å². The third-order valence-corrected chi connectivity index (χ3v) is 4.67. The zero-order valence-electron chi connectivity index (χ0n) is 14.9. The summed E-state index contributed by atoms with van der Waals surface area (Å²) in [6, 6.07) is 3.00. The number of nitrogens with one attached hydrogen (secondary N) is 2. The quantitative estimate of drug-likeness (QED) is 0.421. The Kier molecular flexibility index (Phi) is 5.03. The number of hydrogen-bond acceptors (Lipinski definition) is 10. The number of alkyl halides is 3. The van der Waals surface area contributed by atoms with Gasteiger partial charge < -0.3 is 15.2 Å². The highest BCUT2D eigenvalue weighted by Gasteiger charge is 2.38. The first kappa shape index (κ1) is 19.7. The molecule has 0 spiro atoms. The number of nitrogens with zero attached hydrogens (tertiary/aromatic N) is 4. The second kappa shape index (κ2) is 7.67. The second-order valence-electron chi connectivity index (χ2n) is 6.05. The van der Waals surface area contributed by atoms with E-state index in [9.17, 15) is 22.8 Å². The van der Waals surface area contributed by atoms with Crippen LogP contribution in [0.25, 0.3) is 11.4 Å². The maximum atomic E-state index is 12.5. The summed E-state index contributed by atoms with van der Waals surface area (Å²) in [4.78, 5) is 35.1. The molecule has 3 heterocycles. The molecule has 3 aromatic heterocycles. The van der Waals surface area contributed by atoms with Crippen LogP contribution in [0.2, 0.25) is 0 Å². The smallest absolute Gasteiger partial charge is 0.374 e. The van der Waals surface area contributed by atoms with E-state index in [0.717, 1.165) is 5.69 Å². The minimum Gasteiger partial charge on any atom is -0.374 e. The Balaban J connectivity index is 1.40. The van der Waals surface area contributed by atoms with Crippen LogP contribution < -0.4 is 21.5 Å². The molecule has 4 rings (SSSR count). The molecule has 154 valence electrons. The molecular formula is C17H11F3N6O3S. The average Bonchev–Trinajstić information content (AvgIpc) is 3.42. The van der Waals surface area contributed by atoms with Crippen molar-refractivity contribution in [2.75, 3.05) is 10.6 Å². The van der Waals surface area contributed by atoms with E-state index in [1.54, 1.807) is 5.51 Å². The molecule has 0 aliphatic heterocycles. The highest BCUT2D eigenvalue weighted by atomic mass is 32.1. The van der Waals surface area contributed by atoms with Crippen LogP contribution in [0.4, 0.5) is 24.5 Å². The average molecular weight is 436 g/mol. The third-order valence-electron chi connectivity index (χ3n) is 4.04. The monoisotopic (exact) mass is 436 g/mol. The first-order valence-corrected chi connectivity index (χ1v) is 9.31. The molecule has 0 aliphatic rings. The zero-order chi connectivity index (χ0) is 21.3. The molecule has 0 saturated carbocycles. The van der Waals surface area contributed by atoms with Crippen molar-refractivity contribution < 1.29 is 17.7 Å². The molecule has 13 heteroatoms. The van der Waals surface area contributed by atoms with Crippen LogP contribution in [-0.2, 0) is 19.3 Å². The van der Waals surface area contributed by atoms with Gasteiger partial charge in [-0.05, 0) is 12.1 Å². The van der Waals surface area contributed by atoms with E-state index in [0.29, 0.717) is 12.2 Å². The molecule has 9 nitrogen and oxygen atoms in total. The standard InChI is InChI=1S/C17H11F3N6O3S/c18-17(19,20)16-25-15(26-29-16)8-1-2-9(21-3-8)4-22-11-12(14(28)13(11)27)23-5-10-6-30-7-24-10/h1-3,6-7,22-23H,4-5H2. The number of halogens is 3. The minimum atomic E-state index is -4.73. The molecule has 0 fully saturated rings. The van der Waals surface area contributed by atoms with E-state index in [4.69, 9.17) is 0 Å². The summed E-state index contributed by atoms with van der Waals surface area (Å²) in [6.07, 6.45) is -3.44. The molecule has 1 aromatic carbocycles. The van der Waals surface area contributed by atoms with Crippen molar-refractivity contribution in [1.82, 2.24) is 20.1 Å². The van der Waals surface area contributed by atoms with Gasteiger partial charge in [-0.15, -0.1) is 11.3 Å². The summed E-state index contributed by atoms with van der Waals surface area (Å²) in [5, 5.41) is 10.8. The van der Waals surface area contributed by atoms with Crippen LogP contribution in [0.15, 0.2) is 43.3 Å². The van der Waals surface area contributed by atoms with Crippen molar-refractivity contribution in [3.63, 3.8) is 0 Å². The molecule has 0 unspecified atom stereocenters. The van der Waals surface area contributed by atoms with Gasteiger partial charge in [0.25, 0.3) is 10.9 Å². The fourth-order valence-electron chi connectivity index (χ4n) is 2.53. The van der Waals surface area contributed by atoms with E-state index >= 15 is 0 Å². The van der Waals surface area contributed by atoms with Gasteiger partial charge in [0.2, 0.25) is 5.82 Å². The van der Waals surface area contributed by atoms with Crippen molar-refractivity contribution in [3.8, 4) is 11.4 Å². The molecule has 0 radical (unpaired) electrons. The summed E-state index contributed by atoms with van der Waals surface area (Å²) in [5.41, 5.74) is 2.19. The maximum absolute atomic E-state index is 12.5. The fourth-order valence-corrected chi connectivity index (χ4v) is 3.09. The fraction of sp³-hybridized carbons (Fsp3) is 0.176. The van der Waals surface area contributed by atoms with Crippen molar-refractivity contribution in [1.29, 1.82) is 0 Å². The van der Waals surface area contributed by atoms with E-state index in [1.165, 1.54) is 29.7 Å². The van der Waals surface area contributed by atoms with Crippen molar-refractivity contribution >= 4 is 22.7 Å². The second-order valence-corrected chi connectivity index (χ2v) is 6.77. The van der Waals surface area contributed by atoms with Crippen molar-refractivity contribution in [2.24, 2.45) is 0 Å². The van der Waals surface area contributed by atoms with Crippen LogP contribution in [0, 0.1) is 0 Å². The third kappa shape index (κ3) is 3.91.